The zero-order valence-corrected chi connectivity index (χ0v) is 14.4. The highest BCUT2D eigenvalue weighted by Crippen LogP contribution is 2.36. The Labute approximate surface area is 149 Å². The molecule has 1 aromatic heterocycles. The van der Waals surface area contributed by atoms with Crippen LogP contribution in [0.2, 0.25) is 10.0 Å². The normalized spacial score (nSPS) is 22.2. The van der Waals surface area contributed by atoms with Crippen LogP contribution in [0.1, 0.15) is 28.4 Å². The molecule has 24 heavy (non-hydrogen) atoms. The minimum atomic E-state index is -0.0712. The van der Waals surface area contributed by atoms with Crippen LogP contribution in [0.5, 0.6) is 0 Å². The predicted molar refractivity (Wildman–Crippen MR) is 93.9 cm³/mol. The van der Waals surface area contributed by atoms with Crippen LogP contribution >= 0.6 is 23.2 Å². The smallest absolute Gasteiger partial charge is 0.255 e. The van der Waals surface area contributed by atoms with Crippen molar-refractivity contribution in [1.82, 2.24) is 9.47 Å². The summed E-state index contributed by atoms with van der Waals surface area (Å²) in [6.07, 6.45) is 1.02. The molecular weight excluding hydrogens is 347 g/mol. The Bertz CT molecular complexity index is 878. The van der Waals surface area contributed by atoms with Gasteiger partial charge in [0.1, 0.15) is 0 Å². The molecule has 4 rings (SSSR count). The summed E-state index contributed by atoms with van der Waals surface area (Å²) >= 11 is 12.1. The Morgan fingerprint density at radius 3 is 2.71 bits per heavy atom. The van der Waals surface area contributed by atoms with Crippen LogP contribution in [-0.4, -0.2) is 28.5 Å². The topological polar surface area (TPSA) is 42.3 Å². The molecule has 2 atom stereocenters. The number of fused-ring (bicyclic) bond motifs is 4. The minimum absolute atomic E-state index is 0.0442. The Hall–Kier alpha value is -1.78. The van der Waals surface area contributed by atoms with Gasteiger partial charge in [-0.15, -0.1) is 0 Å². The molecule has 124 valence electrons. The summed E-state index contributed by atoms with van der Waals surface area (Å²) in [4.78, 5) is 26.8. The van der Waals surface area contributed by atoms with Crippen LogP contribution in [0.25, 0.3) is 0 Å². The van der Waals surface area contributed by atoms with E-state index >= 15 is 0 Å². The average Bonchev–Trinajstić information content (AvgIpc) is 2.55. The maximum absolute atomic E-state index is 12.9. The summed E-state index contributed by atoms with van der Waals surface area (Å²) in [6.45, 7) is 1.93. The molecular formula is C18H16Cl2N2O2. The van der Waals surface area contributed by atoms with Gasteiger partial charge < -0.3 is 9.47 Å². The number of pyridine rings is 1. The number of halogens is 2. The molecule has 3 heterocycles. The highest BCUT2D eigenvalue weighted by molar-refractivity contribution is 6.36. The molecule has 6 heteroatoms. The van der Waals surface area contributed by atoms with Crippen molar-refractivity contribution in [3.63, 3.8) is 0 Å². The maximum Gasteiger partial charge on any atom is 0.255 e. The number of piperidine rings is 1. The lowest BCUT2D eigenvalue weighted by molar-refractivity contribution is 0.0595. The van der Waals surface area contributed by atoms with Crippen LogP contribution in [0.15, 0.2) is 41.2 Å². The van der Waals surface area contributed by atoms with E-state index in [2.05, 4.69) is 0 Å². The summed E-state index contributed by atoms with van der Waals surface area (Å²) in [5.74, 6) is 0.422. The van der Waals surface area contributed by atoms with Crippen LogP contribution in [-0.2, 0) is 6.54 Å². The molecule has 2 unspecified atom stereocenters. The lowest BCUT2D eigenvalue weighted by Crippen LogP contribution is -2.49. The Morgan fingerprint density at radius 1 is 1.08 bits per heavy atom. The third kappa shape index (κ3) is 2.64. The number of benzene rings is 1. The fourth-order valence-electron chi connectivity index (χ4n) is 3.90. The Morgan fingerprint density at radius 2 is 1.92 bits per heavy atom. The highest BCUT2D eigenvalue weighted by atomic mass is 35.5. The second kappa shape index (κ2) is 5.94. The van der Waals surface area contributed by atoms with Crippen molar-refractivity contribution in [3.05, 3.63) is 68.1 Å². The van der Waals surface area contributed by atoms with Gasteiger partial charge in [0.25, 0.3) is 11.5 Å². The lowest BCUT2D eigenvalue weighted by Gasteiger charge is -2.42. The van der Waals surface area contributed by atoms with Gasteiger partial charge in [0.15, 0.2) is 0 Å². The summed E-state index contributed by atoms with van der Waals surface area (Å²) in [6, 6.07) is 10.3. The third-order valence-electron chi connectivity index (χ3n) is 4.93. The number of hydrogen-bond donors (Lipinski definition) is 0. The van der Waals surface area contributed by atoms with Crippen molar-refractivity contribution in [3.8, 4) is 0 Å². The van der Waals surface area contributed by atoms with Gasteiger partial charge in [-0.2, -0.15) is 0 Å². The molecule has 4 nitrogen and oxygen atoms in total. The Kier molecular flexibility index (Phi) is 3.89. The van der Waals surface area contributed by atoms with E-state index < -0.39 is 0 Å². The first-order valence-electron chi connectivity index (χ1n) is 7.97. The van der Waals surface area contributed by atoms with Crippen LogP contribution in [0.4, 0.5) is 0 Å². The molecule has 1 saturated heterocycles. The van der Waals surface area contributed by atoms with Crippen LogP contribution in [0, 0.1) is 5.92 Å². The van der Waals surface area contributed by atoms with Gasteiger partial charge in [0.2, 0.25) is 0 Å². The number of carbonyl (C=O) groups excluding carboxylic acids is 1. The van der Waals surface area contributed by atoms with Gasteiger partial charge in [-0.05, 0) is 36.6 Å². The zero-order valence-electron chi connectivity index (χ0n) is 12.9. The molecule has 2 aromatic rings. The van der Waals surface area contributed by atoms with Crippen LogP contribution < -0.4 is 5.56 Å². The number of aromatic nitrogens is 1. The van der Waals surface area contributed by atoms with Crippen LogP contribution in [0.3, 0.4) is 0 Å². The van der Waals surface area contributed by atoms with Gasteiger partial charge in [-0.25, -0.2) is 0 Å². The molecule has 2 bridgehead atoms. The lowest BCUT2D eigenvalue weighted by atomic mass is 9.83. The molecule has 1 aromatic carbocycles. The van der Waals surface area contributed by atoms with E-state index in [1.54, 1.807) is 30.3 Å². The van der Waals surface area contributed by atoms with E-state index in [1.807, 2.05) is 15.5 Å². The number of hydrogen-bond acceptors (Lipinski definition) is 2. The SMILES string of the molecule is O=C(c1ccc(Cl)cc1Cl)N1CC2CC(C1)c1cccc(=O)n1C2. The molecule has 0 N–H and O–H groups in total. The monoisotopic (exact) mass is 362 g/mol. The fourth-order valence-corrected chi connectivity index (χ4v) is 4.38. The van der Waals surface area contributed by atoms with E-state index in [1.165, 1.54) is 0 Å². The molecule has 1 fully saturated rings. The van der Waals surface area contributed by atoms with E-state index in [9.17, 15) is 9.59 Å². The minimum Gasteiger partial charge on any atom is -0.338 e. The molecule has 0 aliphatic carbocycles. The summed E-state index contributed by atoms with van der Waals surface area (Å²) in [5, 5.41) is 0.889. The predicted octanol–water partition coefficient (Wildman–Crippen LogP) is 3.41. The number of amides is 1. The first-order valence-corrected chi connectivity index (χ1v) is 8.72. The zero-order chi connectivity index (χ0) is 16.8. The summed E-state index contributed by atoms with van der Waals surface area (Å²) in [5.41, 5.74) is 1.55. The van der Waals surface area contributed by atoms with Crippen molar-refractivity contribution in [2.24, 2.45) is 5.92 Å². The Balaban J connectivity index is 1.64. The van der Waals surface area contributed by atoms with E-state index in [0.29, 0.717) is 41.2 Å². The second-order valence-electron chi connectivity index (χ2n) is 6.53. The number of likely N-dealkylation sites (tertiary alicyclic amines) is 1. The molecule has 2 aliphatic rings. The molecule has 0 spiro atoms. The standard InChI is InChI=1S/C18H16Cl2N2O2/c19-13-4-5-14(15(20)7-13)18(24)21-8-11-6-12(10-21)16-2-1-3-17(23)22(16)9-11/h1-5,7,11-12H,6,8-10H2. The van der Waals surface area contributed by atoms with Gasteiger partial charge >= 0.3 is 0 Å². The van der Waals surface area contributed by atoms with Crippen molar-refractivity contribution in [2.45, 2.75) is 18.9 Å². The van der Waals surface area contributed by atoms with Gasteiger partial charge in [-0.3, -0.25) is 9.59 Å². The van der Waals surface area contributed by atoms with Gasteiger partial charge in [0, 0.05) is 42.3 Å². The average molecular weight is 363 g/mol. The largest absolute Gasteiger partial charge is 0.338 e. The first-order chi connectivity index (χ1) is 11.5. The second-order valence-corrected chi connectivity index (χ2v) is 7.38. The van der Waals surface area contributed by atoms with Crippen molar-refractivity contribution >= 4 is 29.1 Å². The third-order valence-corrected chi connectivity index (χ3v) is 5.48. The number of rotatable bonds is 1. The highest BCUT2D eigenvalue weighted by Gasteiger charge is 2.36. The summed E-state index contributed by atoms with van der Waals surface area (Å²) in [7, 11) is 0. The molecule has 2 aliphatic heterocycles. The number of nitrogens with zero attached hydrogens (tertiary/aromatic N) is 2. The fraction of sp³-hybridized carbons (Fsp3) is 0.333. The van der Waals surface area contributed by atoms with E-state index in [-0.39, 0.29) is 17.4 Å². The summed E-state index contributed by atoms with van der Waals surface area (Å²) < 4.78 is 1.86. The van der Waals surface area contributed by atoms with Gasteiger partial charge in [0.05, 0.1) is 10.6 Å². The van der Waals surface area contributed by atoms with Crippen molar-refractivity contribution < 1.29 is 4.79 Å². The van der Waals surface area contributed by atoms with Crippen molar-refractivity contribution in [2.75, 3.05) is 13.1 Å². The molecule has 0 saturated carbocycles. The van der Waals surface area contributed by atoms with E-state index in [4.69, 9.17) is 23.2 Å². The maximum atomic E-state index is 12.9. The number of carbonyl (C=O) groups is 1. The van der Waals surface area contributed by atoms with Crippen molar-refractivity contribution in [1.29, 1.82) is 0 Å². The van der Waals surface area contributed by atoms with E-state index in [0.717, 1.165) is 12.1 Å². The first kappa shape index (κ1) is 15.7. The molecule has 0 radical (unpaired) electrons. The molecule has 1 amide bonds. The quantitative estimate of drug-likeness (QED) is 0.779. The van der Waals surface area contributed by atoms with Gasteiger partial charge in [-0.1, -0.05) is 29.3 Å².